The minimum absolute atomic E-state index is 0.0399. The third-order valence-electron chi connectivity index (χ3n) is 3.61. The highest BCUT2D eigenvalue weighted by Gasteiger charge is 2.48. The Morgan fingerprint density at radius 1 is 1.50 bits per heavy atom. The second-order valence-electron chi connectivity index (χ2n) is 4.86. The van der Waals surface area contributed by atoms with Crippen molar-refractivity contribution in [1.82, 2.24) is 0 Å². The lowest BCUT2D eigenvalue weighted by Gasteiger charge is -2.26. The lowest BCUT2D eigenvalue weighted by atomic mass is 9.83. The molecule has 5 heteroatoms. The summed E-state index contributed by atoms with van der Waals surface area (Å²) in [7, 11) is 1.54. The predicted molar refractivity (Wildman–Crippen MR) is 75.5 cm³/mol. The maximum atomic E-state index is 12.1. The minimum Gasteiger partial charge on any atom is -0.497 e. The highest BCUT2D eigenvalue weighted by atomic mass is 16.5. The van der Waals surface area contributed by atoms with Crippen molar-refractivity contribution in [3.8, 4) is 5.75 Å². The topological polar surface area (TPSA) is 78.8 Å². The summed E-state index contributed by atoms with van der Waals surface area (Å²) < 4.78 is 5.15. The van der Waals surface area contributed by atoms with E-state index in [1.54, 1.807) is 37.3 Å². The molecule has 1 amide bonds. The van der Waals surface area contributed by atoms with Crippen molar-refractivity contribution in [2.45, 2.75) is 18.9 Å². The van der Waals surface area contributed by atoms with Crippen LogP contribution < -0.4 is 10.1 Å². The van der Waals surface area contributed by atoms with E-state index in [-0.39, 0.29) is 6.61 Å². The van der Waals surface area contributed by atoms with E-state index in [4.69, 9.17) is 9.84 Å². The summed E-state index contributed by atoms with van der Waals surface area (Å²) >= 11 is 0. The molecule has 3 N–H and O–H groups in total. The number of nitrogens with one attached hydrogen (secondary N) is 1. The summed E-state index contributed by atoms with van der Waals surface area (Å²) in [6.07, 6.45) is 3.99. The molecule has 0 bridgehead atoms. The van der Waals surface area contributed by atoms with Gasteiger partial charge in [-0.2, -0.15) is 0 Å². The molecule has 2 atom stereocenters. The molecule has 0 fully saturated rings. The number of benzene rings is 1. The van der Waals surface area contributed by atoms with E-state index in [0.29, 0.717) is 23.4 Å². The van der Waals surface area contributed by atoms with Crippen molar-refractivity contribution < 1.29 is 19.7 Å². The molecule has 0 unspecified atom stereocenters. The van der Waals surface area contributed by atoms with E-state index < -0.39 is 17.4 Å². The zero-order valence-corrected chi connectivity index (χ0v) is 11.6. The number of hydrogen-bond donors (Lipinski definition) is 3. The number of hydrogen-bond acceptors (Lipinski definition) is 4. The Morgan fingerprint density at radius 2 is 2.25 bits per heavy atom. The predicted octanol–water partition coefficient (Wildman–Crippen LogP) is 1.41. The molecule has 0 aliphatic carbocycles. The number of carbonyl (C=O) groups is 1. The van der Waals surface area contributed by atoms with Crippen LogP contribution in [-0.4, -0.2) is 29.8 Å². The number of anilines is 1. The lowest BCUT2D eigenvalue weighted by molar-refractivity contribution is -0.137. The SMILES string of the molecule is COc1ccc2c(c1)[C@](O)([C@@H](C)/C=C/CCO)C(=O)N2. The monoisotopic (exact) mass is 277 g/mol. The van der Waals surface area contributed by atoms with Crippen molar-refractivity contribution >= 4 is 11.6 Å². The van der Waals surface area contributed by atoms with E-state index in [9.17, 15) is 9.90 Å². The van der Waals surface area contributed by atoms with Crippen LogP contribution in [0.4, 0.5) is 5.69 Å². The summed E-state index contributed by atoms with van der Waals surface area (Å²) in [6, 6.07) is 5.12. The number of ether oxygens (including phenoxy) is 1. The van der Waals surface area contributed by atoms with Crippen LogP contribution in [0.25, 0.3) is 0 Å². The molecule has 0 radical (unpaired) electrons. The summed E-state index contributed by atoms with van der Waals surface area (Å²) in [6.45, 7) is 1.81. The number of methoxy groups -OCH3 is 1. The maximum Gasteiger partial charge on any atom is 0.261 e. The molecule has 0 saturated carbocycles. The summed E-state index contributed by atoms with van der Waals surface area (Å²) in [5, 5.41) is 22.3. The van der Waals surface area contributed by atoms with Gasteiger partial charge in [-0.1, -0.05) is 19.1 Å². The molecule has 5 nitrogen and oxygen atoms in total. The quantitative estimate of drug-likeness (QED) is 0.711. The molecule has 1 aliphatic heterocycles. The van der Waals surface area contributed by atoms with Gasteiger partial charge in [0.25, 0.3) is 5.91 Å². The Bertz CT molecular complexity index is 541. The van der Waals surface area contributed by atoms with Gasteiger partial charge in [-0.05, 0) is 24.6 Å². The summed E-state index contributed by atoms with van der Waals surface area (Å²) in [5.74, 6) is -0.269. The molecule has 1 heterocycles. The first-order valence-corrected chi connectivity index (χ1v) is 6.54. The van der Waals surface area contributed by atoms with E-state index >= 15 is 0 Å². The van der Waals surface area contributed by atoms with Gasteiger partial charge in [0.1, 0.15) is 5.75 Å². The van der Waals surface area contributed by atoms with Gasteiger partial charge in [0.2, 0.25) is 0 Å². The number of amides is 1. The van der Waals surface area contributed by atoms with Gasteiger partial charge in [-0.3, -0.25) is 4.79 Å². The Labute approximate surface area is 117 Å². The van der Waals surface area contributed by atoms with Crippen LogP contribution in [0.2, 0.25) is 0 Å². The molecule has 0 saturated heterocycles. The van der Waals surface area contributed by atoms with Gasteiger partial charge in [0.15, 0.2) is 5.60 Å². The molecule has 1 aliphatic rings. The average molecular weight is 277 g/mol. The second kappa shape index (κ2) is 5.64. The van der Waals surface area contributed by atoms with Crippen LogP contribution in [0.5, 0.6) is 5.75 Å². The first kappa shape index (κ1) is 14.6. The van der Waals surface area contributed by atoms with Crippen molar-refractivity contribution in [3.63, 3.8) is 0 Å². The van der Waals surface area contributed by atoms with Crippen LogP contribution >= 0.6 is 0 Å². The first-order chi connectivity index (χ1) is 9.53. The number of aliphatic hydroxyl groups excluding tert-OH is 1. The van der Waals surface area contributed by atoms with Gasteiger partial charge < -0.3 is 20.3 Å². The number of carbonyl (C=O) groups excluding carboxylic acids is 1. The Morgan fingerprint density at radius 3 is 2.90 bits per heavy atom. The zero-order valence-electron chi connectivity index (χ0n) is 11.6. The van der Waals surface area contributed by atoms with Gasteiger partial charge in [-0.25, -0.2) is 0 Å². The molecule has 0 spiro atoms. The fourth-order valence-electron chi connectivity index (χ4n) is 2.38. The van der Waals surface area contributed by atoms with Crippen molar-refractivity contribution in [1.29, 1.82) is 0 Å². The van der Waals surface area contributed by atoms with Crippen molar-refractivity contribution in [3.05, 3.63) is 35.9 Å². The molecular weight excluding hydrogens is 258 g/mol. The van der Waals surface area contributed by atoms with Crippen LogP contribution in [0, 0.1) is 5.92 Å². The number of rotatable bonds is 5. The van der Waals surface area contributed by atoms with E-state index in [1.165, 1.54) is 7.11 Å². The van der Waals surface area contributed by atoms with Gasteiger partial charge >= 0.3 is 0 Å². The molecule has 2 rings (SSSR count). The minimum atomic E-state index is -1.62. The molecule has 0 aromatic heterocycles. The van der Waals surface area contributed by atoms with E-state index in [0.717, 1.165) is 0 Å². The first-order valence-electron chi connectivity index (χ1n) is 6.54. The third-order valence-corrected chi connectivity index (χ3v) is 3.61. The lowest BCUT2D eigenvalue weighted by Crippen LogP contribution is -2.39. The normalized spacial score (nSPS) is 22.7. The number of aliphatic hydroxyl groups is 2. The van der Waals surface area contributed by atoms with Crippen LogP contribution in [0.15, 0.2) is 30.4 Å². The molecule has 1 aromatic rings. The molecule has 1 aromatic carbocycles. The molecule has 108 valence electrons. The van der Waals surface area contributed by atoms with Crippen LogP contribution in [-0.2, 0) is 10.4 Å². The Kier molecular flexibility index (Phi) is 4.11. The fraction of sp³-hybridized carbons (Fsp3) is 0.400. The van der Waals surface area contributed by atoms with Crippen LogP contribution in [0.3, 0.4) is 0 Å². The van der Waals surface area contributed by atoms with Crippen molar-refractivity contribution in [2.24, 2.45) is 5.92 Å². The molecular formula is C15H19NO4. The summed E-state index contributed by atoms with van der Waals surface area (Å²) in [5.41, 5.74) is -0.501. The third kappa shape index (κ3) is 2.30. The second-order valence-corrected chi connectivity index (χ2v) is 4.86. The highest BCUT2D eigenvalue weighted by molar-refractivity contribution is 6.05. The smallest absolute Gasteiger partial charge is 0.261 e. The number of fused-ring (bicyclic) bond motifs is 1. The van der Waals surface area contributed by atoms with E-state index in [1.807, 2.05) is 0 Å². The fourth-order valence-corrected chi connectivity index (χ4v) is 2.38. The van der Waals surface area contributed by atoms with Gasteiger partial charge in [-0.15, -0.1) is 0 Å². The van der Waals surface area contributed by atoms with Crippen LogP contribution in [0.1, 0.15) is 18.9 Å². The average Bonchev–Trinajstić information content (AvgIpc) is 2.71. The standard InChI is InChI=1S/C15H19NO4/c1-10(5-3-4-8-17)15(19)12-9-11(20-2)6-7-13(12)16-14(15)18/h3,5-7,9-10,17,19H,4,8H2,1-2H3,(H,16,18)/b5-3+/t10-,15+/m0/s1. The zero-order chi connectivity index (χ0) is 14.8. The van der Waals surface area contributed by atoms with Crippen molar-refractivity contribution in [2.75, 3.05) is 19.0 Å². The van der Waals surface area contributed by atoms with Gasteiger partial charge in [0.05, 0.1) is 7.11 Å². The van der Waals surface area contributed by atoms with Gasteiger partial charge in [0, 0.05) is 23.8 Å². The Hall–Kier alpha value is -1.85. The summed E-state index contributed by atoms with van der Waals surface area (Å²) in [4.78, 5) is 12.1. The highest BCUT2D eigenvalue weighted by Crippen LogP contribution is 2.43. The molecule has 20 heavy (non-hydrogen) atoms. The maximum absolute atomic E-state index is 12.1. The van der Waals surface area contributed by atoms with E-state index in [2.05, 4.69) is 5.32 Å². The largest absolute Gasteiger partial charge is 0.497 e. The Balaban J connectivity index is 2.38.